The summed E-state index contributed by atoms with van der Waals surface area (Å²) in [7, 11) is -10.5. The van der Waals surface area contributed by atoms with Gasteiger partial charge in [0, 0.05) is 0 Å². The first kappa shape index (κ1) is 19.8. The smallest absolute Gasteiger partial charge is 0.388 e. The average molecular weight is 339 g/mol. The molecule has 14 heteroatoms. The van der Waals surface area contributed by atoms with Crippen molar-refractivity contribution >= 4 is 21.9 Å². The standard InChI is InChI=1S/C6H15NO11P2/c7-3(1-8)5(10)6(11)4(9)2-17-20(15,16)18-19(12,13)14/h1,3-6,9-11H,2,7H2,(H,15,16)(H2,12,13,14)/t3-,4+,5+,6-/m0/s1. The van der Waals surface area contributed by atoms with E-state index in [4.69, 9.17) is 20.4 Å². The summed E-state index contributed by atoms with van der Waals surface area (Å²) in [4.78, 5) is 35.7. The zero-order valence-electron chi connectivity index (χ0n) is 9.79. The molecule has 0 aromatic heterocycles. The zero-order chi connectivity index (χ0) is 16.1. The highest BCUT2D eigenvalue weighted by Gasteiger charge is 2.35. The Morgan fingerprint density at radius 1 is 1.10 bits per heavy atom. The molecule has 0 saturated heterocycles. The van der Waals surface area contributed by atoms with Crippen LogP contribution in [0.15, 0.2) is 0 Å². The van der Waals surface area contributed by atoms with Crippen LogP contribution in [0, 0.1) is 0 Å². The maximum absolute atomic E-state index is 11.0. The molecule has 0 fully saturated rings. The van der Waals surface area contributed by atoms with Crippen LogP contribution in [0.3, 0.4) is 0 Å². The van der Waals surface area contributed by atoms with E-state index < -0.39 is 46.6 Å². The predicted octanol–water partition coefficient (Wildman–Crippen LogP) is -3.18. The number of hydrogen-bond acceptors (Lipinski definition) is 9. The second-order valence-electron chi connectivity index (χ2n) is 3.60. The van der Waals surface area contributed by atoms with Crippen LogP contribution in [0.5, 0.6) is 0 Å². The first-order chi connectivity index (χ1) is 8.89. The first-order valence-corrected chi connectivity index (χ1v) is 7.91. The van der Waals surface area contributed by atoms with Gasteiger partial charge in [0.1, 0.15) is 24.6 Å². The molecule has 1 unspecified atom stereocenters. The van der Waals surface area contributed by atoms with Gasteiger partial charge in [0.25, 0.3) is 0 Å². The van der Waals surface area contributed by atoms with Crippen LogP contribution in [-0.4, -0.2) is 67.2 Å². The Labute approximate surface area is 112 Å². The van der Waals surface area contributed by atoms with E-state index >= 15 is 0 Å². The average Bonchev–Trinajstić information content (AvgIpc) is 2.30. The summed E-state index contributed by atoms with van der Waals surface area (Å²) in [5.74, 6) is 0. The van der Waals surface area contributed by atoms with Crippen LogP contribution in [0.4, 0.5) is 0 Å². The first-order valence-electron chi connectivity index (χ1n) is 4.89. The van der Waals surface area contributed by atoms with Crippen molar-refractivity contribution in [1.82, 2.24) is 0 Å². The Balaban J connectivity index is 4.48. The fourth-order valence-corrected chi connectivity index (χ4v) is 2.57. The van der Waals surface area contributed by atoms with Crippen LogP contribution in [0.2, 0.25) is 0 Å². The number of nitrogens with two attached hydrogens (primary N) is 1. The van der Waals surface area contributed by atoms with Gasteiger partial charge in [-0.1, -0.05) is 0 Å². The SMILES string of the molecule is N[C@@H](C=O)[C@@H](O)[C@@H](O)[C@H](O)COP(=O)(O)OP(=O)(O)O. The molecule has 0 aromatic rings. The number of rotatable bonds is 9. The summed E-state index contributed by atoms with van der Waals surface area (Å²) >= 11 is 0. The minimum absolute atomic E-state index is 0.0926. The van der Waals surface area contributed by atoms with E-state index in [1.165, 1.54) is 0 Å². The van der Waals surface area contributed by atoms with Gasteiger partial charge in [-0.2, -0.15) is 4.31 Å². The molecule has 0 heterocycles. The number of aliphatic hydroxyl groups excluding tert-OH is 3. The zero-order valence-corrected chi connectivity index (χ0v) is 11.6. The molecule has 0 spiro atoms. The molecule has 8 N–H and O–H groups in total. The maximum atomic E-state index is 11.0. The lowest BCUT2D eigenvalue weighted by atomic mass is 10.0. The van der Waals surface area contributed by atoms with E-state index in [2.05, 4.69) is 8.83 Å². The van der Waals surface area contributed by atoms with Gasteiger partial charge in [-0.05, 0) is 0 Å². The normalized spacial score (nSPS) is 21.6. The Morgan fingerprint density at radius 2 is 1.60 bits per heavy atom. The van der Waals surface area contributed by atoms with Crippen molar-refractivity contribution < 1.29 is 52.8 Å². The molecule has 20 heavy (non-hydrogen) atoms. The van der Waals surface area contributed by atoms with Crippen LogP contribution >= 0.6 is 15.6 Å². The molecular formula is C6H15NO11P2. The number of hydrogen-bond donors (Lipinski definition) is 7. The summed E-state index contributed by atoms with van der Waals surface area (Å²) in [5, 5.41) is 27.9. The van der Waals surface area contributed by atoms with Gasteiger partial charge in [-0.25, -0.2) is 9.13 Å². The Bertz CT molecular complexity index is 410. The lowest BCUT2D eigenvalue weighted by molar-refractivity contribution is -0.118. The fourth-order valence-electron chi connectivity index (χ4n) is 0.963. The third kappa shape index (κ3) is 7.53. The fraction of sp³-hybridized carbons (Fsp3) is 0.833. The van der Waals surface area contributed by atoms with E-state index in [1.54, 1.807) is 0 Å². The van der Waals surface area contributed by atoms with Crippen LogP contribution in [-0.2, 0) is 22.8 Å². The summed E-state index contributed by atoms with van der Waals surface area (Å²) in [6.45, 7) is -1.13. The maximum Gasteiger partial charge on any atom is 0.481 e. The van der Waals surface area contributed by atoms with Gasteiger partial charge in [-0.15, -0.1) is 0 Å². The molecule has 0 aromatic carbocycles. The molecule has 0 bridgehead atoms. The topological polar surface area (TPSA) is 217 Å². The molecule has 5 atom stereocenters. The number of carbonyl (C=O) groups excluding carboxylic acids is 1. The van der Waals surface area contributed by atoms with Crippen molar-refractivity contribution in [1.29, 1.82) is 0 Å². The highest BCUT2D eigenvalue weighted by atomic mass is 31.3. The quantitative estimate of drug-likeness (QED) is 0.163. The third-order valence-electron chi connectivity index (χ3n) is 1.91. The van der Waals surface area contributed by atoms with Crippen LogP contribution in [0.1, 0.15) is 0 Å². The van der Waals surface area contributed by atoms with Crippen LogP contribution < -0.4 is 5.73 Å². The molecule has 0 amide bonds. The van der Waals surface area contributed by atoms with Crippen molar-refractivity contribution in [3.63, 3.8) is 0 Å². The van der Waals surface area contributed by atoms with Gasteiger partial charge in [-0.3, -0.25) is 4.52 Å². The number of aliphatic hydroxyl groups is 3. The van der Waals surface area contributed by atoms with E-state index in [-0.39, 0.29) is 6.29 Å². The summed E-state index contributed by atoms with van der Waals surface area (Å²) in [5.41, 5.74) is 5.06. The molecule has 0 radical (unpaired) electrons. The Hall–Kier alpha value is -0.230. The Kier molecular flexibility index (Phi) is 7.60. The molecule has 0 aliphatic heterocycles. The molecule has 12 nitrogen and oxygen atoms in total. The van der Waals surface area contributed by atoms with E-state index in [0.717, 1.165) is 0 Å². The number of phosphoric ester groups is 1. The van der Waals surface area contributed by atoms with Crippen LogP contribution in [0.25, 0.3) is 0 Å². The number of phosphoric acid groups is 2. The lowest BCUT2D eigenvalue weighted by Crippen LogP contribution is -2.50. The second-order valence-corrected chi connectivity index (χ2v) is 6.43. The highest BCUT2D eigenvalue weighted by Crippen LogP contribution is 2.57. The van der Waals surface area contributed by atoms with Crippen molar-refractivity contribution in [2.45, 2.75) is 24.4 Å². The summed E-state index contributed by atoms with van der Waals surface area (Å²) in [6, 6.07) is -1.52. The van der Waals surface area contributed by atoms with Crippen molar-refractivity contribution in [2.24, 2.45) is 5.73 Å². The van der Waals surface area contributed by atoms with E-state index in [0.29, 0.717) is 0 Å². The number of aldehydes is 1. The predicted molar refractivity (Wildman–Crippen MR) is 61.0 cm³/mol. The van der Waals surface area contributed by atoms with Crippen molar-refractivity contribution in [3.05, 3.63) is 0 Å². The van der Waals surface area contributed by atoms with Crippen molar-refractivity contribution in [3.8, 4) is 0 Å². The van der Waals surface area contributed by atoms with Gasteiger partial charge in [0.15, 0.2) is 0 Å². The molecule has 0 aliphatic carbocycles. The van der Waals surface area contributed by atoms with Gasteiger partial charge >= 0.3 is 15.6 Å². The lowest BCUT2D eigenvalue weighted by Gasteiger charge is -2.24. The van der Waals surface area contributed by atoms with E-state index in [9.17, 15) is 29.2 Å². The summed E-state index contributed by atoms with van der Waals surface area (Å²) in [6.07, 6.45) is -5.77. The number of carbonyl (C=O) groups is 1. The molecule has 0 rings (SSSR count). The van der Waals surface area contributed by atoms with Crippen molar-refractivity contribution in [2.75, 3.05) is 6.61 Å². The highest BCUT2D eigenvalue weighted by molar-refractivity contribution is 7.60. The summed E-state index contributed by atoms with van der Waals surface area (Å²) < 4.78 is 28.7. The Morgan fingerprint density at radius 3 is 2.00 bits per heavy atom. The minimum Gasteiger partial charge on any atom is -0.388 e. The minimum atomic E-state index is -5.31. The van der Waals surface area contributed by atoms with Gasteiger partial charge in [0.05, 0.1) is 12.6 Å². The largest absolute Gasteiger partial charge is 0.481 e. The molecular weight excluding hydrogens is 324 g/mol. The van der Waals surface area contributed by atoms with E-state index in [1.807, 2.05) is 0 Å². The van der Waals surface area contributed by atoms with Gasteiger partial charge < -0.3 is 40.5 Å². The van der Waals surface area contributed by atoms with Gasteiger partial charge in [0.2, 0.25) is 0 Å². The molecule has 0 aliphatic rings. The molecule has 0 saturated carbocycles. The second kappa shape index (κ2) is 7.69. The molecule has 120 valence electrons. The monoisotopic (exact) mass is 339 g/mol. The third-order valence-corrected chi connectivity index (χ3v) is 4.07.